The first-order chi connectivity index (χ1) is 7.36. The fourth-order valence-corrected chi connectivity index (χ4v) is 1.56. The highest BCUT2D eigenvalue weighted by Crippen LogP contribution is 2.03. The summed E-state index contributed by atoms with van der Waals surface area (Å²) in [6.45, 7) is 6.05. The van der Waals surface area contributed by atoms with Crippen molar-refractivity contribution in [1.29, 1.82) is 0 Å². The lowest BCUT2D eigenvalue weighted by Crippen LogP contribution is -2.27. The largest absolute Gasteiger partial charge is 0.383 e. The highest BCUT2D eigenvalue weighted by Gasteiger charge is 2.04. The third-order valence-corrected chi connectivity index (χ3v) is 2.28. The molecule has 0 spiro atoms. The van der Waals surface area contributed by atoms with Crippen molar-refractivity contribution in [3.63, 3.8) is 0 Å². The van der Waals surface area contributed by atoms with Crippen molar-refractivity contribution in [3.8, 4) is 0 Å². The predicted molar refractivity (Wildman–Crippen MR) is 61.7 cm³/mol. The zero-order valence-electron chi connectivity index (χ0n) is 9.65. The van der Waals surface area contributed by atoms with Gasteiger partial charge in [0.05, 0.1) is 6.61 Å². The standard InChI is InChI=1S/C12H20N2O/c1-3-7-14(8-9-15-2)11-12-5-4-6-13-10-12/h4-6,10H,3,7-9,11H2,1-2H3. The monoisotopic (exact) mass is 208 g/mol. The molecule has 0 amide bonds. The summed E-state index contributed by atoms with van der Waals surface area (Å²) in [6.07, 6.45) is 4.91. The third-order valence-electron chi connectivity index (χ3n) is 2.28. The van der Waals surface area contributed by atoms with Crippen LogP contribution in [0.2, 0.25) is 0 Å². The van der Waals surface area contributed by atoms with Gasteiger partial charge in [-0.15, -0.1) is 0 Å². The summed E-state index contributed by atoms with van der Waals surface area (Å²) < 4.78 is 5.10. The van der Waals surface area contributed by atoms with Gasteiger partial charge in [-0.2, -0.15) is 0 Å². The number of rotatable bonds is 7. The summed E-state index contributed by atoms with van der Waals surface area (Å²) in [5.41, 5.74) is 1.27. The maximum absolute atomic E-state index is 5.10. The second-order valence-corrected chi connectivity index (χ2v) is 3.63. The summed E-state index contributed by atoms with van der Waals surface area (Å²) in [7, 11) is 1.74. The Labute approximate surface area is 92.1 Å². The van der Waals surface area contributed by atoms with Gasteiger partial charge in [-0.25, -0.2) is 0 Å². The fraction of sp³-hybridized carbons (Fsp3) is 0.583. The molecule has 0 saturated heterocycles. The van der Waals surface area contributed by atoms with Gasteiger partial charge in [0.1, 0.15) is 0 Å². The van der Waals surface area contributed by atoms with Crippen molar-refractivity contribution in [2.24, 2.45) is 0 Å². The molecule has 1 heterocycles. The molecule has 3 nitrogen and oxygen atoms in total. The molecule has 0 saturated carbocycles. The van der Waals surface area contributed by atoms with Crippen LogP contribution in [0.3, 0.4) is 0 Å². The first-order valence-corrected chi connectivity index (χ1v) is 5.47. The van der Waals surface area contributed by atoms with Crippen molar-refractivity contribution in [2.45, 2.75) is 19.9 Å². The van der Waals surface area contributed by atoms with E-state index < -0.39 is 0 Å². The van der Waals surface area contributed by atoms with Crippen LogP contribution in [-0.2, 0) is 11.3 Å². The Kier molecular flexibility index (Phi) is 5.97. The molecule has 0 aromatic carbocycles. The van der Waals surface area contributed by atoms with Gasteiger partial charge >= 0.3 is 0 Å². The Hall–Kier alpha value is -0.930. The molecule has 0 fully saturated rings. The third kappa shape index (κ3) is 4.91. The van der Waals surface area contributed by atoms with Gasteiger partial charge in [0.2, 0.25) is 0 Å². The molecular formula is C12H20N2O. The lowest BCUT2D eigenvalue weighted by atomic mass is 10.2. The van der Waals surface area contributed by atoms with Crippen molar-refractivity contribution in [3.05, 3.63) is 30.1 Å². The van der Waals surface area contributed by atoms with E-state index in [1.807, 2.05) is 18.5 Å². The van der Waals surface area contributed by atoms with E-state index >= 15 is 0 Å². The van der Waals surface area contributed by atoms with E-state index in [-0.39, 0.29) is 0 Å². The molecule has 0 bridgehead atoms. The molecule has 0 unspecified atom stereocenters. The Balaban J connectivity index is 2.43. The Morgan fingerprint density at radius 3 is 2.87 bits per heavy atom. The van der Waals surface area contributed by atoms with Crippen LogP contribution >= 0.6 is 0 Å². The van der Waals surface area contributed by atoms with Gasteiger partial charge in [-0.3, -0.25) is 9.88 Å². The second kappa shape index (κ2) is 7.37. The van der Waals surface area contributed by atoms with Crippen LogP contribution < -0.4 is 0 Å². The summed E-state index contributed by atoms with van der Waals surface area (Å²) in [4.78, 5) is 6.51. The zero-order chi connectivity index (χ0) is 10.9. The highest BCUT2D eigenvalue weighted by atomic mass is 16.5. The molecule has 0 N–H and O–H groups in total. The second-order valence-electron chi connectivity index (χ2n) is 3.63. The molecule has 1 aromatic rings. The van der Waals surface area contributed by atoms with Crippen LogP contribution in [0.25, 0.3) is 0 Å². The summed E-state index contributed by atoms with van der Waals surface area (Å²) in [5.74, 6) is 0. The van der Waals surface area contributed by atoms with Gasteiger partial charge in [0.25, 0.3) is 0 Å². The topological polar surface area (TPSA) is 25.4 Å². The van der Waals surface area contributed by atoms with Gasteiger partial charge < -0.3 is 4.74 Å². The van der Waals surface area contributed by atoms with Crippen molar-refractivity contribution < 1.29 is 4.74 Å². The first-order valence-electron chi connectivity index (χ1n) is 5.47. The SMILES string of the molecule is CCCN(CCOC)Cc1cccnc1. The van der Waals surface area contributed by atoms with Crippen LogP contribution in [0.15, 0.2) is 24.5 Å². The fourth-order valence-electron chi connectivity index (χ4n) is 1.56. The average molecular weight is 208 g/mol. The molecule has 0 aliphatic heterocycles. The van der Waals surface area contributed by atoms with Crippen LogP contribution in [0, 0.1) is 0 Å². The molecule has 0 radical (unpaired) electrons. The van der Waals surface area contributed by atoms with Crippen LogP contribution in [-0.4, -0.2) is 36.7 Å². The number of aromatic nitrogens is 1. The van der Waals surface area contributed by atoms with Crippen molar-refractivity contribution in [1.82, 2.24) is 9.88 Å². The molecule has 0 aliphatic rings. The Bertz CT molecular complexity index is 251. The molecule has 15 heavy (non-hydrogen) atoms. The van der Waals surface area contributed by atoms with E-state index in [9.17, 15) is 0 Å². The van der Waals surface area contributed by atoms with E-state index in [0.717, 1.165) is 26.2 Å². The van der Waals surface area contributed by atoms with Crippen LogP contribution in [0.1, 0.15) is 18.9 Å². The molecule has 84 valence electrons. The lowest BCUT2D eigenvalue weighted by molar-refractivity contribution is 0.144. The van der Waals surface area contributed by atoms with E-state index in [1.54, 1.807) is 7.11 Å². The number of methoxy groups -OCH3 is 1. The summed E-state index contributed by atoms with van der Waals surface area (Å²) in [5, 5.41) is 0. The first kappa shape index (κ1) is 12.1. The number of nitrogens with zero attached hydrogens (tertiary/aromatic N) is 2. The van der Waals surface area contributed by atoms with Crippen molar-refractivity contribution >= 4 is 0 Å². The Morgan fingerprint density at radius 2 is 2.27 bits per heavy atom. The average Bonchev–Trinajstić information content (AvgIpc) is 2.28. The van der Waals surface area contributed by atoms with Crippen molar-refractivity contribution in [2.75, 3.05) is 26.8 Å². The van der Waals surface area contributed by atoms with Gasteiger partial charge in [-0.05, 0) is 24.6 Å². The summed E-state index contributed by atoms with van der Waals surface area (Å²) >= 11 is 0. The van der Waals surface area contributed by atoms with Crippen LogP contribution in [0.5, 0.6) is 0 Å². The van der Waals surface area contributed by atoms with E-state index in [4.69, 9.17) is 4.74 Å². The minimum Gasteiger partial charge on any atom is -0.383 e. The van der Waals surface area contributed by atoms with E-state index in [1.165, 1.54) is 12.0 Å². The van der Waals surface area contributed by atoms with Gasteiger partial charge in [-0.1, -0.05) is 13.0 Å². The minimum atomic E-state index is 0.792. The maximum Gasteiger partial charge on any atom is 0.0589 e. The smallest absolute Gasteiger partial charge is 0.0589 e. The number of hydrogen-bond donors (Lipinski definition) is 0. The Morgan fingerprint density at radius 1 is 1.40 bits per heavy atom. The van der Waals surface area contributed by atoms with E-state index in [2.05, 4.69) is 22.9 Å². The highest BCUT2D eigenvalue weighted by molar-refractivity contribution is 5.07. The molecule has 3 heteroatoms. The lowest BCUT2D eigenvalue weighted by Gasteiger charge is -2.20. The number of hydrogen-bond acceptors (Lipinski definition) is 3. The predicted octanol–water partition coefficient (Wildman–Crippen LogP) is 1.94. The number of ether oxygens (including phenoxy) is 1. The summed E-state index contributed by atoms with van der Waals surface area (Å²) in [6, 6.07) is 4.10. The molecule has 0 atom stereocenters. The quantitative estimate of drug-likeness (QED) is 0.684. The number of pyridine rings is 1. The minimum absolute atomic E-state index is 0.792. The normalized spacial score (nSPS) is 10.9. The maximum atomic E-state index is 5.10. The zero-order valence-corrected chi connectivity index (χ0v) is 9.65. The van der Waals surface area contributed by atoms with Gasteiger partial charge in [0.15, 0.2) is 0 Å². The molecular weight excluding hydrogens is 188 g/mol. The van der Waals surface area contributed by atoms with Crippen LogP contribution in [0.4, 0.5) is 0 Å². The van der Waals surface area contributed by atoms with Gasteiger partial charge in [0, 0.05) is 32.6 Å². The van der Waals surface area contributed by atoms with E-state index in [0.29, 0.717) is 0 Å². The molecule has 1 rings (SSSR count). The molecule has 0 aliphatic carbocycles. The molecule has 1 aromatic heterocycles.